The lowest BCUT2D eigenvalue weighted by Gasteiger charge is -2.27. The average molecular weight is 408 g/mol. The van der Waals surface area contributed by atoms with Crippen LogP contribution in [0.1, 0.15) is 17.3 Å². The third kappa shape index (κ3) is 4.87. The highest BCUT2D eigenvalue weighted by Crippen LogP contribution is 2.22. The van der Waals surface area contributed by atoms with Crippen molar-refractivity contribution in [3.05, 3.63) is 59.9 Å². The number of morpholine rings is 1. The molecule has 1 saturated heterocycles. The van der Waals surface area contributed by atoms with E-state index < -0.39 is 0 Å². The minimum absolute atomic E-state index is 0.0308. The smallest absolute Gasteiger partial charge is 0.233 e. The summed E-state index contributed by atoms with van der Waals surface area (Å²) in [6, 6.07) is 13.2. The van der Waals surface area contributed by atoms with Gasteiger partial charge in [0.15, 0.2) is 5.78 Å². The molecule has 0 atom stereocenters. The van der Waals surface area contributed by atoms with Crippen LogP contribution < -0.4 is 15.5 Å². The normalized spacial score (nSPS) is 13.7. The quantitative estimate of drug-likeness (QED) is 0.599. The molecule has 2 aromatic carbocycles. The van der Waals surface area contributed by atoms with E-state index in [-0.39, 0.29) is 17.5 Å². The van der Waals surface area contributed by atoms with Crippen LogP contribution >= 0.6 is 0 Å². The van der Waals surface area contributed by atoms with Gasteiger partial charge in [-0.1, -0.05) is 18.2 Å². The van der Waals surface area contributed by atoms with Gasteiger partial charge in [-0.2, -0.15) is 15.0 Å². The maximum absolute atomic E-state index is 13.6. The van der Waals surface area contributed by atoms with Crippen LogP contribution in [-0.4, -0.2) is 47.0 Å². The standard InChI is InChI=1S/C21H21FN6O2/c1-14(29)15-4-2-6-17(12-15)23-19-25-20(24-18-7-3-5-16(22)13-18)27-21(26-19)28-8-10-30-11-9-28/h2-7,12-13H,8-11H2,1H3,(H2,23,24,25,26,27). The molecule has 9 heteroatoms. The van der Waals surface area contributed by atoms with Crippen LogP contribution in [0.2, 0.25) is 0 Å². The lowest BCUT2D eigenvalue weighted by molar-refractivity contribution is 0.101. The minimum Gasteiger partial charge on any atom is -0.378 e. The molecule has 154 valence electrons. The fourth-order valence-corrected chi connectivity index (χ4v) is 3.02. The van der Waals surface area contributed by atoms with E-state index in [1.165, 1.54) is 19.1 Å². The van der Waals surface area contributed by atoms with Gasteiger partial charge in [0.1, 0.15) is 5.82 Å². The van der Waals surface area contributed by atoms with Crippen LogP contribution in [0.3, 0.4) is 0 Å². The van der Waals surface area contributed by atoms with Gasteiger partial charge in [-0.05, 0) is 37.3 Å². The summed E-state index contributed by atoms with van der Waals surface area (Å²) >= 11 is 0. The van der Waals surface area contributed by atoms with Crippen molar-refractivity contribution in [2.75, 3.05) is 41.8 Å². The van der Waals surface area contributed by atoms with E-state index in [1.54, 1.807) is 30.3 Å². The Balaban J connectivity index is 1.66. The zero-order valence-electron chi connectivity index (χ0n) is 16.4. The second-order valence-electron chi connectivity index (χ2n) is 6.78. The van der Waals surface area contributed by atoms with Crippen LogP contribution in [-0.2, 0) is 4.74 Å². The van der Waals surface area contributed by atoms with Gasteiger partial charge in [0.25, 0.3) is 0 Å². The van der Waals surface area contributed by atoms with Crippen molar-refractivity contribution in [1.82, 2.24) is 15.0 Å². The van der Waals surface area contributed by atoms with Crippen molar-refractivity contribution < 1.29 is 13.9 Å². The number of ether oxygens (including phenoxy) is 1. The van der Waals surface area contributed by atoms with Crippen LogP contribution in [0, 0.1) is 5.82 Å². The van der Waals surface area contributed by atoms with Crippen LogP contribution in [0.25, 0.3) is 0 Å². The Bertz CT molecular complexity index is 1060. The molecule has 4 rings (SSSR count). The fraction of sp³-hybridized carbons (Fsp3) is 0.238. The molecule has 0 spiro atoms. The number of nitrogens with zero attached hydrogens (tertiary/aromatic N) is 4. The van der Waals surface area contributed by atoms with Crippen molar-refractivity contribution in [2.24, 2.45) is 0 Å². The number of rotatable bonds is 6. The summed E-state index contributed by atoms with van der Waals surface area (Å²) in [7, 11) is 0. The predicted octanol–water partition coefficient (Wildman–Crippen LogP) is 3.54. The van der Waals surface area contributed by atoms with E-state index in [9.17, 15) is 9.18 Å². The number of anilines is 5. The van der Waals surface area contributed by atoms with Crippen molar-refractivity contribution in [3.63, 3.8) is 0 Å². The Morgan fingerprint density at radius 2 is 1.60 bits per heavy atom. The van der Waals surface area contributed by atoms with E-state index in [0.29, 0.717) is 55.1 Å². The molecule has 1 aromatic heterocycles. The number of Topliss-reactive ketones (excluding diaryl/α,β-unsaturated/α-hetero) is 1. The number of halogens is 1. The number of nitrogens with one attached hydrogen (secondary N) is 2. The van der Waals surface area contributed by atoms with E-state index in [2.05, 4.69) is 25.6 Å². The number of ketones is 1. The molecule has 8 nitrogen and oxygen atoms in total. The number of benzene rings is 2. The molecular formula is C21H21FN6O2. The molecule has 1 aliphatic rings. The second kappa shape index (κ2) is 8.83. The maximum atomic E-state index is 13.6. The zero-order valence-corrected chi connectivity index (χ0v) is 16.4. The molecule has 0 saturated carbocycles. The van der Waals surface area contributed by atoms with E-state index >= 15 is 0 Å². The van der Waals surface area contributed by atoms with Gasteiger partial charge in [-0.25, -0.2) is 4.39 Å². The first-order chi connectivity index (χ1) is 14.6. The third-order valence-corrected chi connectivity index (χ3v) is 4.52. The molecule has 0 radical (unpaired) electrons. The van der Waals surface area contributed by atoms with Crippen molar-refractivity contribution >= 4 is 35.0 Å². The molecule has 2 N–H and O–H groups in total. The Labute approximate surface area is 173 Å². The van der Waals surface area contributed by atoms with Crippen LogP contribution in [0.15, 0.2) is 48.5 Å². The number of hydrogen-bond acceptors (Lipinski definition) is 8. The zero-order chi connectivity index (χ0) is 20.9. The molecule has 30 heavy (non-hydrogen) atoms. The van der Waals surface area contributed by atoms with E-state index in [1.807, 2.05) is 11.0 Å². The van der Waals surface area contributed by atoms with Crippen molar-refractivity contribution in [3.8, 4) is 0 Å². The summed E-state index contributed by atoms with van der Waals surface area (Å²) in [6.45, 7) is 3.99. The lowest BCUT2D eigenvalue weighted by Crippen LogP contribution is -2.37. The maximum Gasteiger partial charge on any atom is 0.233 e. The van der Waals surface area contributed by atoms with Crippen LogP contribution in [0.4, 0.5) is 33.6 Å². The van der Waals surface area contributed by atoms with Gasteiger partial charge in [-0.15, -0.1) is 0 Å². The summed E-state index contributed by atoms with van der Waals surface area (Å²) in [5.74, 6) is 0.685. The SMILES string of the molecule is CC(=O)c1cccc(Nc2nc(Nc3cccc(F)c3)nc(N3CCOCC3)n2)c1. The van der Waals surface area contributed by atoms with Gasteiger partial charge >= 0.3 is 0 Å². The van der Waals surface area contributed by atoms with E-state index in [0.717, 1.165) is 0 Å². The van der Waals surface area contributed by atoms with Gasteiger partial charge in [0.2, 0.25) is 17.8 Å². The Morgan fingerprint density at radius 3 is 2.23 bits per heavy atom. The number of aromatic nitrogens is 3. The Hall–Kier alpha value is -3.59. The average Bonchev–Trinajstić information content (AvgIpc) is 2.74. The molecule has 0 aliphatic carbocycles. The molecule has 2 heterocycles. The van der Waals surface area contributed by atoms with Gasteiger partial charge in [-0.3, -0.25) is 4.79 Å². The molecule has 0 unspecified atom stereocenters. The molecule has 1 fully saturated rings. The third-order valence-electron chi connectivity index (χ3n) is 4.52. The molecule has 1 aliphatic heterocycles. The summed E-state index contributed by atoms with van der Waals surface area (Å²) in [5, 5.41) is 6.16. The van der Waals surface area contributed by atoms with Gasteiger partial charge < -0.3 is 20.3 Å². The first-order valence-corrected chi connectivity index (χ1v) is 9.56. The Kier molecular flexibility index (Phi) is 5.80. The number of carbonyl (C=O) groups excluding carboxylic acids is 1. The monoisotopic (exact) mass is 408 g/mol. The first kappa shape index (κ1) is 19.7. The van der Waals surface area contributed by atoms with Crippen molar-refractivity contribution in [1.29, 1.82) is 0 Å². The number of hydrogen-bond donors (Lipinski definition) is 2. The number of carbonyl (C=O) groups is 1. The predicted molar refractivity (Wildman–Crippen MR) is 112 cm³/mol. The highest BCUT2D eigenvalue weighted by atomic mass is 19.1. The Morgan fingerprint density at radius 1 is 0.967 bits per heavy atom. The highest BCUT2D eigenvalue weighted by Gasteiger charge is 2.17. The minimum atomic E-state index is -0.359. The lowest BCUT2D eigenvalue weighted by atomic mass is 10.1. The van der Waals surface area contributed by atoms with Crippen LogP contribution in [0.5, 0.6) is 0 Å². The summed E-state index contributed by atoms with van der Waals surface area (Å²) in [6.07, 6.45) is 0. The summed E-state index contributed by atoms with van der Waals surface area (Å²) in [4.78, 5) is 27.1. The summed E-state index contributed by atoms with van der Waals surface area (Å²) < 4.78 is 19.0. The van der Waals surface area contributed by atoms with Gasteiger partial charge in [0.05, 0.1) is 13.2 Å². The van der Waals surface area contributed by atoms with Gasteiger partial charge in [0, 0.05) is 30.0 Å². The molecule has 0 amide bonds. The molecule has 3 aromatic rings. The topological polar surface area (TPSA) is 92.3 Å². The molecule has 0 bridgehead atoms. The highest BCUT2D eigenvalue weighted by molar-refractivity contribution is 5.95. The second-order valence-corrected chi connectivity index (χ2v) is 6.78. The first-order valence-electron chi connectivity index (χ1n) is 9.56. The van der Waals surface area contributed by atoms with Crippen molar-refractivity contribution in [2.45, 2.75) is 6.92 Å². The summed E-state index contributed by atoms with van der Waals surface area (Å²) in [5.41, 5.74) is 1.79. The largest absolute Gasteiger partial charge is 0.378 e. The molecular weight excluding hydrogens is 387 g/mol. The fourth-order valence-electron chi connectivity index (χ4n) is 3.02. The van der Waals surface area contributed by atoms with E-state index in [4.69, 9.17) is 4.74 Å².